The first kappa shape index (κ1) is 7.98. The van der Waals surface area contributed by atoms with E-state index in [2.05, 4.69) is 30.6 Å². The first-order chi connectivity index (χ1) is 7.43. The standard InChI is InChI=1S/C9H6N6/c1-2-4-6(5-3-1)10-8-7-9(13-12-8)14-15-11-7/h1-5H,(H,11,14,15). The highest BCUT2D eigenvalue weighted by Crippen LogP contribution is 2.23. The summed E-state index contributed by atoms with van der Waals surface area (Å²) < 4.78 is 0. The Morgan fingerprint density at radius 2 is 1.87 bits per heavy atom. The van der Waals surface area contributed by atoms with E-state index in [1.165, 1.54) is 0 Å². The van der Waals surface area contributed by atoms with Crippen molar-refractivity contribution < 1.29 is 0 Å². The zero-order chi connectivity index (χ0) is 10.1. The molecule has 1 aliphatic rings. The third-order valence-electron chi connectivity index (χ3n) is 1.97. The van der Waals surface area contributed by atoms with Gasteiger partial charge in [0.15, 0.2) is 5.69 Å². The molecular weight excluding hydrogens is 192 g/mol. The van der Waals surface area contributed by atoms with Crippen molar-refractivity contribution in [3.05, 3.63) is 36.0 Å². The largest absolute Gasteiger partial charge is 0.227 e. The number of aromatic nitrogens is 3. The summed E-state index contributed by atoms with van der Waals surface area (Å²) in [5.41, 5.74) is 1.42. The summed E-state index contributed by atoms with van der Waals surface area (Å²) in [5, 5.41) is 17.9. The van der Waals surface area contributed by atoms with Gasteiger partial charge in [-0.3, -0.25) is 0 Å². The fourth-order valence-corrected chi connectivity index (χ4v) is 1.29. The van der Waals surface area contributed by atoms with Crippen LogP contribution in [0.1, 0.15) is 5.69 Å². The Bertz CT molecular complexity index is 539. The van der Waals surface area contributed by atoms with Gasteiger partial charge >= 0.3 is 0 Å². The maximum Gasteiger partial charge on any atom is 0.227 e. The first-order valence-corrected chi connectivity index (χ1v) is 4.40. The smallest absolute Gasteiger partial charge is 0.226 e. The maximum atomic E-state index is 4.31. The lowest BCUT2D eigenvalue weighted by Gasteiger charge is -1.91. The molecule has 0 spiro atoms. The minimum absolute atomic E-state index is 0.490. The molecule has 0 amide bonds. The van der Waals surface area contributed by atoms with Crippen LogP contribution in [0, 0.1) is 0 Å². The van der Waals surface area contributed by atoms with E-state index in [0.29, 0.717) is 17.3 Å². The third-order valence-corrected chi connectivity index (χ3v) is 1.97. The number of azo groups is 1. The molecule has 1 aromatic heterocycles. The van der Waals surface area contributed by atoms with Gasteiger partial charge in [-0.2, -0.15) is 10.3 Å². The van der Waals surface area contributed by atoms with E-state index < -0.39 is 0 Å². The van der Waals surface area contributed by atoms with Crippen molar-refractivity contribution in [2.24, 2.45) is 15.2 Å². The summed E-state index contributed by atoms with van der Waals surface area (Å²) in [6, 6.07) is 9.53. The van der Waals surface area contributed by atoms with Gasteiger partial charge in [0.1, 0.15) is 0 Å². The molecule has 0 atom stereocenters. The Labute approximate surface area is 84.8 Å². The zero-order valence-corrected chi connectivity index (χ0v) is 7.62. The topological polar surface area (TPSA) is 78.6 Å². The molecule has 2 aromatic rings. The second kappa shape index (κ2) is 3.09. The molecule has 0 fully saturated rings. The molecule has 0 unspecified atom stereocenters. The molecule has 0 radical (unpaired) electrons. The number of nitrogens with one attached hydrogen (secondary N) is 1. The van der Waals surface area contributed by atoms with Crippen LogP contribution in [0.4, 0.5) is 11.5 Å². The number of fused-ring (bicyclic) bond motifs is 1. The summed E-state index contributed by atoms with van der Waals surface area (Å²) in [7, 11) is 0. The van der Waals surface area contributed by atoms with Crippen molar-refractivity contribution in [1.29, 1.82) is 0 Å². The van der Waals surface area contributed by atoms with Crippen molar-refractivity contribution >= 4 is 17.3 Å². The highest BCUT2D eigenvalue weighted by molar-refractivity contribution is 6.04. The van der Waals surface area contributed by atoms with Gasteiger partial charge in [0.05, 0.1) is 5.69 Å². The fourth-order valence-electron chi connectivity index (χ4n) is 1.29. The van der Waals surface area contributed by atoms with E-state index in [9.17, 15) is 0 Å². The molecule has 6 nitrogen and oxygen atoms in total. The van der Waals surface area contributed by atoms with Crippen LogP contribution in [0.5, 0.6) is 0 Å². The molecule has 0 saturated heterocycles. The molecule has 0 saturated carbocycles. The van der Waals surface area contributed by atoms with Crippen molar-refractivity contribution in [3.8, 4) is 0 Å². The van der Waals surface area contributed by atoms with Crippen LogP contribution < -0.4 is 0 Å². The Kier molecular flexibility index (Phi) is 1.64. The van der Waals surface area contributed by atoms with Gasteiger partial charge in [-0.25, -0.2) is 4.99 Å². The van der Waals surface area contributed by atoms with Gasteiger partial charge in [-0.15, -0.1) is 15.3 Å². The van der Waals surface area contributed by atoms with Crippen LogP contribution in [-0.2, 0) is 0 Å². The molecule has 15 heavy (non-hydrogen) atoms. The zero-order valence-electron chi connectivity index (χ0n) is 7.62. The number of para-hydroxylation sites is 1. The Morgan fingerprint density at radius 1 is 1.00 bits per heavy atom. The number of aromatic amines is 1. The minimum Gasteiger partial charge on any atom is -0.226 e. The number of hydrogen-bond donors (Lipinski definition) is 1. The van der Waals surface area contributed by atoms with E-state index in [-0.39, 0.29) is 0 Å². The summed E-state index contributed by atoms with van der Waals surface area (Å²) in [5.74, 6) is 0.981. The van der Waals surface area contributed by atoms with Crippen molar-refractivity contribution in [3.63, 3.8) is 0 Å². The first-order valence-electron chi connectivity index (χ1n) is 4.40. The van der Waals surface area contributed by atoms with Crippen molar-refractivity contribution in [1.82, 2.24) is 15.4 Å². The average Bonchev–Trinajstić information content (AvgIpc) is 2.85. The second-order valence-electron chi connectivity index (χ2n) is 2.97. The normalized spacial score (nSPS) is 15.9. The molecule has 3 rings (SSSR count). The predicted molar refractivity (Wildman–Crippen MR) is 53.5 cm³/mol. The number of amidine groups is 1. The van der Waals surface area contributed by atoms with Crippen molar-refractivity contribution in [2.45, 2.75) is 0 Å². The summed E-state index contributed by atoms with van der Waals surface area (Å²) in [4.78, 5) is 4.31. The lowest BCUT2D eigenvalue weighted by molar-refractivity contribution is 0.927. The monoisotopic (exact) mass is 198 g/mol. The van der Waals surface area contributed by atoms with Crippen LogP contribution in [0.3, 0.4) is 0 Å². The lowest BCUT2D eigenvalue weighted by Crippen LogP contribution is -1.92. The maximum absolute atomic E-state index is 4.31. The highest BCUT2D eigenvalue weighted by atomic mass is 15.4. The molecule has 0 bridgehead atoms. The molecule has 6 heteroatoms. The summed E-state index contributed by atoms with van der Waals surface area (Å²) in [6.45, 7) is 0. The summed E-state index contributed by atoms with van der Waals surface area (Å²) >= 11 is 0. The van der Waals surface area contributed by atoms with Crippen LogP contribution in [0.2, 0.25) is 0 Å². The Hall–Kier alpha value is -2.37. The number of benzene rings is 1. The predicted octanol–water partition coefficient (Wildman–Crippen LogP) is 1.98. The fraction of sp³-hybridized carbons (Fsp3) is 0. The lowest BCUT2D eigenvalue weighted by atomic mass is 10.3. The SMILES string of the molecule is c1ccc(N=C2N=Nc3n[nH]nc32)cc1. The number of rotatable bonds is 1. The Balaban J connectivity index is 2.05. The minimum atomic E-state index is 0.490. The van der Waals surface area contributed by atoms with E-state index in [1.807, 2.05) is 30.3 Å². The van der Waals surface area contributed by atoms with Crippen LogP contribution in [-0.4, -0.2) is 21.2 Å². The molecule has 72 valence electrons. The van der Waals surface area contributed by atoms with Gasteiger partial charge in [-0.05, 0) is 12.1 Å². The van der Waals surface area contributed by atoms with Gasteiger partial charge < -0.3 is 0 Å². The van der Waals surface area contributed by atoms with Crippen LogP contribution >= 0.6 is 0 Å². The molecule has 1 N–H and O–H groups in total. The van der Waals surface area contributed by atoms with Gasteiger partial charge in [-0.1, -0.05) is 18.2 Å². The molecule has 1 aromatic carbocycles. The van der Waals surface area contributed by atoms with E-state index in [0.717, 1.165) is 5.69 Å². The number of hydrogen-bond acceptors (Lipinski definition) is 4. The molecule has 1 aliphatic heterocycles. The molecular formula is C9H6N6. The van der Waals surface area contributed by atoms with E-state index in [1.54, 1.807) is 0 Å². The quantitative estimate of drug-likeness (QED) is 0.760. The number of aliphatic imine (C=N–C) groups is 1. The number of H-pyrrole nitrogens is 1. The van der Waals surface area contributed by atoms with Crippen LogP contribution in [0.15, 0.2) is 45.6 Å². The van der Waals surface area contributed by atoms with E-state index in [4.69, 9.17) is 0 Å². The third kappa shape index (κ3) is 1.32. The van der Waals surface area contributed by atoms with Gasteiger partial charge in [0, 0.05) is 0 Å². The van der Waals surface area contributed by atoms with Gasteiger partial charge in [0.2, 0.25) is 11.7 Å². The summed E-state index contributed by atoms with van der Waals surface area (Å²) in [6.07, 6.45) is 0. The van der Waals surface area contributed by atoms with Crippen molar-refractivity contribution in [2.75, 3.05) is 0 Å². The molecule has 2 heterocycles. The Morgan fingerprint density at radius 3 is 2.73 bits per heavy atom. The van der Waals surface area contributed by atoms with Gasteiger partial charge in [0.25, 0.3) is 0 Å². The van der Waals surface area contributed by atoms with E-state index >= 15 is 0 Å². The highest BCUT2D eigenvalue weighted by Gasteiger charge is 2.19. The average molecular weight is 198 g/mol. The van der Waals surface area contributed by atoms with Crippen LogP contribution in [0.25, 0.3) is 0 Å². The number of nitrogens with zero attached hydrogens (tertiary/aromatic N) is 5. The molecule has 0 aliphatic carbocycles. The second-order valence-corrected chi connectivity index (χ2v) is 2.97.